The maximum absolute atomic E-state index is 12.9. The average Bonchev–Trinajstić information content (AvgIpc) is 3.44. The molecule has 78 heavy (non-hydrogen) atoms. The quantitative estimate of drug-likeness (QED) is 0.0261. The fourth-order valence-electron chi connectivity index (χ4n) is 9.17. The van der Waals surface area contributed by atoms with Gasteiger partial charge in [-0.25, -0.2) is 0 Å². The minimum absolute atomic E-state index is 0.0930. The first-order chi connectivity index (χ1) is 38.5. The molecule has 0 saturated heterocycles. The number of hydrogen-bond donors (Lipinski definition) is 0. The monoisotopic (exact) mass is 1080 g/mol. The lowest BCUT2D eigenvalue weighted by Crippen LogP contribution is -2.30. The van der Waals surface area contributed by atoms with Crippen LogP contribution in [0.15, 0.2) is 109 Å². The Balaban J connectivity index is 4.43. The van der Waals surface area contributed by atoms with Crippen molar-refractivity contribution in [2.24, 2.45) is 0 Å². The Bertz CT molecular complexity index is 1570. The molecule has 1 unspecified atom stereocenters. The molecule has 0 heterocycles. The van der Waals surface area contributed by atoms with Gasteiger partial charge >= 0.3 is 17.9 Å². The van der Waals surface area contributed by atoms with Crippen molar-refractivity contribution in [1.82, 2.24) is 0 Å². The summed E-state index contributed by atoms with van der Waals surface area (Å²) in [6, 6.07) is 0. The summed E-state index contributed by atoms with van der Waals surface area (Å²) in [7, 11) is 0. The minimum Gasteiger partial charge on any atom is -0.462 e. The van der Waals surface area contributed by atoms with Crippen LogP contribution in [0.5, 0.6) is 0 Å². The molecule has 1 atom stereocenters. The second-order valence-corrected chi connectivity index (χ2v) is 21.6. The van der Waals surface area contributed by atoms with Crippen LogP contribution >= 0.6 is 0 Å². The molecule has 0 aliphatic heterocycles. The van der Waals surface area contributed by atoms with E-state index >= 15 is 0 Å². The third-order valence-electron chi connectivity index (χ3n) is 14.0. The number of esters is 3. The molecule has 0 amide bonds. The summed E-state index contributed by atoms with van der Waals surface area (Å²) < 4.78 is 16.9. The first-order valence-electron chi connectivity index (χ1n) is 32.9. The van der Waals surface area contributed by atoms with Gasteiger partial charge in [-0.15, -0.1) is 0 Å². The first-order valence-corrected chi connectivity index (χ1v) is 32.9. The topological polar surface area (TPSA) is 78.9 Å². The van der Waals surface area contributed by atoms with Gasteiger partial charge in [0.1, 0.15) is 13.2 Å². The summed E-state index contributed by atoms with van der Waals surface area (Å²) in [5, 5.41) is 0. The lowest BCUT2D eigenvalue weighted by molar-refractivity contribution is -0.167. The van der Waals surface area contributed by atoms with Gasteiger partial charge in [-0.05, 0) is 103 Å². The second kappa shape index (κ2) is 65.6. The van der Waals surface area contributed by atoms with Gasteiger partial charge in [-0.3, -0.25) is 14.4 Å². The SMILES string of the molecule is CC/C=C\C/C=C\C/C=C\C/C=C\C/C=C\CCCCCCCC(=O)OC(COC(=O)CCCCCC/C=C\C/C=C\C/C=C\C/C=C\CC)COC(=O)CCCCCCCCCCCCCCCCCCCCCCCC. The standard InChI is InChI=1S/C72H122O6/c1-4-7-10-13-16-19-22-25-28-31-33-35-37-38-41-44-47-50-53-56-59-62-65-71(74)77-68-69(67-76-70(73)64-61-58-55-52-49-46-43-40-30-27-24-21-18-15-12-9-6-3)78-72(75)66-63-60-57-54-51-48-45-42-39-36-34-32-29-26-23-20-17-14-11-8-5-2/h8-9,11-12,17-18,20-21,26-27,29-30,34,36,42-43,45-46,69H,4-7,10,13-16,19,22-25,28,31-33,35,37-41,44,47-68H2,1-3H3/b11-8-,12-9-,20-17-,21-18-,29-26-,30-27-,36-34-,45-42-,46-43-. The Morgan fingerprint density at radius 3 is 0.782 bits per heavy atom. The smallest absolute Gasteiger partial charge is 0.306 e. The predicted molar refractivity (Wildman–Crippen MR) is 339 cm³/mol. The third-order valence-corrected chi connectivity index (χ3v) is 14.0. The summed E-state index contributed by atoms with van der Waals surface area (Å²) in [6.45, 7) is 6.41. The molecule has 6 nitrogen and oxygen atoms in total. The maximum Gasteiger partial charge on any atom is 0.306 e. The molecule has 0 fully saturated rings. The van der Waals surface area contributed by atoms with E-state index < -0.39 is 6.10 Å². The lowest BCUT2D eigenvalue weighted by atomic mass is 10.0. The lowest BCUT2D eigenvalue weighted by Gasteiger charge is -2.18. The number of hydrogen-bond acceptors (Lipinski definition) is 6. The maximum atomic E-state index is 12.9. The van der Waals surface area contributed by atoms with Crippen molar-refractivity contribution in [2.75, 3.05) is 13.2 Å². The van der Waals surface area contributed by atoms with Gasteiger partial charge in [0.25, 0.3) is 0 Å². The summed E-state index contributed by atoms with van der Waals surface area (Å²) >= 11 is 0. The molecular weight excluding hydrogens is 961 g/mol. The zero-order chi connectivity index (χ0) is 56.4. The van der Waals surface area contributed by atoms with Crippen LogP contribution < -0.4 is 0 Å². The fourth-order valence-corrected chi connectivity index (χ4v) is 9.17. The van der Waals surface area contributed by atoms with Crippen molar-refractivity contribution in [2.45, 2.75) is 316 Å². The van der Waals surface area contributed by atoms with Crippen molar-refractivity contribution in [1.29, 1.82) is 0 Å². The number of allylic oxidation sites excluding steroid dienone is 18. The molecule has 0 aromatic heterocycles. The molecule has 0 aromatic carbocycles. The van der Waals surface area contributed by atoms with E-state index in [-0.39, 0.29) is 31.1 Å². The predicted octanol–water partition coefficient (Wildman–Crippen LogP) is 22.6. The zero-order valence-corrected chi connectivity index (χ0v) is 51.2. The highest BCUT2D eigenvalue weighted by Crippen LogP contribution is 2.17. The van der Waals surface area contributed by atoms with Gasteiger partial charge < -0.3 is 14.2 Å². The van der Waals surface area contributed by atoms with E-state index in [9.17, 15) is 14.4 Å². The Morgan fingerprint density at radius 2 is 0.500 bits per heavy atom. The van der Waals surface area contributed by atoms with E-state index in [1.165, 1.54) is 122 Å². The van der Waals surface area contributed by atoms with E-state index in [0.717, 1.165) is 148 Å². The summed E-state index contributed by atoms with van der Waals surface area (Å²) in [5.41, 5.74) is 0. The molecule has 0 radical (unpaired) electrons. The fraction of sp³-hybridized carbons (Fsp3) is 0.708. The van der Waals surface area contributed by atoms with Gasteiger partial charge in [-0.1, -0.05) is 297 Å². The van der Waals surface area contributed by atoms with Crippen molar-refractivity contribution >= 4 is 17.9 Å². The Morgan fingerprint density at radius 1 is 0.269 bits per heavy atom. The van der Waals surface area contributed by atoms with E-state index in [4.69, 9.17) is 14.2 Å². The number of unbranched alkanes of at least 4 members (excludes halogenated alkanes) is 30. The van der Waals surface area contributed by atoms with Gasteiger partial charge in [0.15, 0.2) is 6.10 Å². The Labute approximate surface area is 482 Å². The third kappa shape index (κ3) is 62.9. The van der Waals surface area contributed by atoms with E-state index in [0.29, 0.717) is 19.3 Å². The van der Waals surface area contributed by atoms with Crippen LogP contribution in [0.3, 0.4) is 0 Å². The molecule has 0 rings (SSSR count). The van der Waals surface area contributed by atoms with Crippen LogP contribution in [-0.4, -0.2) is 37.2 Å². The highest BCUT2D eigenvalue weighted by Gasteiger charge is 2.19. The highest BCUT2D eigenvalue weighted by atomic mass is 16.6. The van der Waals surface area contributed by atoms with Crippen LogP contribution in [0, 0.1) is 0 Å². The summed E-state index contributed by atoms with van der Waals surface area (Å²) in [6.07, 6.45) is 89.5. The number of rotatable bonds is 59. The molecule has 0 bridgehead atoms. The molecule has 0 spiro atoms. The molecule has 0 saturated carbocycles. The van der Waals surface area contributed by atoms with Crippen molar-refractivity contribution in [3.05, 3.63) is 109 Å². The van der Waals surface area contributed by atoms with Gasteiger partial charge in [-0.2, -0.15) is 0 Å². The number of carbonyl (C=O) groups excluding carboxylic acids is 3. The normalized spacial score (nSPS) is 12.8. The molecule has 0 aromatic rings. The average molecular weight is 1080 g/mol. The zero-order valence-electron chi connectivity index (χ0n) is 51.2. The molecule has 0 N–H and O–H groups in total. The molecular formula is C72H122O6. The molecule has 6 heteroatoms. The Kier molecular flexibility index (Phi) is 62.3. The van der Waals surface area contributed by atoms with Crippen LogP contribution in [-0.2, 0) is 28.6 Å². The van der Waals surface area contributed by atoms with E-state index in [1.54, 1.807) is 0 Å². The summed E-state index contributed by atoms with van der Waals surface area (Å²) in [5.74, 6) is -0.926. The second-order valence-electron chi connectivity index (χ2n) is 21.6. The molecule has 0 aliphatic carbocycles. The largest absolute Gasteiger partial charge is 0.462 e. The van der Waals surface area contributed by atoms with E-state index in [2.05, 4.69) is 130 Å². The van der Waals surface area contributed by atoms with Gasteiger partial charge in [0, 0.05) is 19.3 Å². The number of carbonyl (C=O) groups is 3. The summed E-state index contributed by atoms with van der Waals surface area (Å²) in [4.78, 5) is 38.4. The molecule has 446 valence electrons. The van der Waals surface area contributed by atoms with Crippen molar-refractivity contribution in [3.63, 3.8) is 0 Å². The van der Waals surface area contributed by atoms with E-state index in [1.807, 2.05) is 0 Å². The minimum atomic E-state index is -0.801. The first kappa shape index (κ1) is 74.1. The number of ether oxygens (including phenoxy) is 3. The van der Waals surface area contributed by atoms with Gasteiger partial charge in [0.2, 0.25) is 0 Å². The highest BCUT2D eigenvalue weighted by molar-refractivity contribution is 5.71. The van der Waals surface area contributed by atoms with Crippen LogP contribution in [0.25, 0.3) is 0 Å². The van der Waals surface area contributed by atoms with Crippen LogP contribution in [0.2, 0.25) is 0 Å². The Hall–Kier alpha value is -3.93. The van der Waals surface area contributed by atoms with Crippen molar-refractivity contribution < 1.29 is 28.6 Å². The van der Waals surface area contributed by atoms with Crippen LogP contribution in [0.4, 0.5) is 0 Å². The molecule has 0 aliphatic rings. The van der Waals surface area contributed by atoms with Crippen molar-refractivity contribution in [3.8, 4) is 0 Å². The van der Waals surface area contributed by atoms with Crippen LogP contribution in [0.1, 0.15) is 310 Å². The van der Waals surface area contributed by atoms with Gasteiger partial charge in [0.05, 0.1) is 0 Å².